The van der Waals surface area contributed by atoms with Crippen LogP contribution in [0, 0.1) is 5.82 Å². The first kappa shape index (κ1) is 16.4. The number of imidazole rings is 1. The molecule has 5 rings (SSSR count). The molecule has 3 aliphatic rings. The maximum absolute atomic E-state index is 15.4. The van der Waals surface area contributed by atoms with Crippen LogP contribution in [0.4, 0.5) is 8.78 Å². The number of halogens is 2. The topological polar surface area (TPSA) is 36.3 Å². The van der Waals surface area contributed by atoms with E-state index >= 15 is 4.39 Å². The van der Waals surface area contributed by atoms with Gasteiger partial charge >= 0.3 is 0 Å². The zero-order chi connectivity index (χ0) is 17.8. The fraction of sp³-hybridized carbons (Fsp3) is 0.550. The van der Waals surface area contributed by atoms with Crippen LogP contribution in [0.2, 0.25) is 0 Å². The highest BCUT2D eigenvalue weighted by Crippen LogP contribution is 2.47. The van der Waals surface area contributed by atoms with E-state index in [4.69, 9.17) is 9.47 Å². The SMILES string of the molecule is Fc1cccc2c1C(CCC1(F)CCC3(CC1)OCCO3)n1cncc1-2. The fourth-order valence-electron chi connectivity index (χ4n) is 4.79. The lowest BCUT2D eigenvalue weighted by Gasteiger charge is -2.39. The lowest BCUT2D eigenvalue weighted by Crippen LogP contribution is -2.41. The van der Waals surface area contributed by atoms with Crippen LogP contribution in [0.5, 0.6) is 0 Å². The third-order valence-corrected chi connectivity index (χ3v) is 6.25. The lowest BCUT2D eigenvalue weighted by atomic mass is 9.79. The van der Waals surface area contributed by atoms with Crippen molar-refractivity contribution in [2.75, 3.05) is 13.2 Å². The molecular weight excluding hydrogens is 338 g/mol. The molecule has 1 unspecified atom stereocenters. The van der Waals surface area contributed by atoms with E-state index in [1.165, 1.54) is 6.07 Å². The van der Waals surface area contributed by atoms with E-state index in [9.17, 15) is 4.39 Å². The van der Waals surface area contributed by atoms with Gasteiger partial charge in [0, 0.05) is 24.0 Å². The molecule has 0 N–H and O–H groups in total. The average Bonchev–Trinajstić information content (AvgIpc) is 3.34. The van der Waals surface area contributed by atoms with Gasteiger partial charge in [-0.2, -0.15) is 0 Å². The zero-order valence-electron chi connectivity index (χ0n) is 14.6. The predicted molar refractivity (Wildman–Crippen MR) is 91.9 cm³/mol. The van der Waals surface area contributed by atoms with E-state index in [1.54, 1.807) is 18.6 Å². The van der Waals surface area contributed by atoms with Gasteiger partial charge in [0.2, 0.25) is 0 Å². The Morgan fingerprint density at radius 1 is 1.15 bits per heavy atom. The van der Waals surface area contributed by atoms with Crippen LogP contribution in [0.15, 0.2) is 30.7 Å². The first-order valence-electron chi connectivity index (χ1n) is 9.37. The summed E-state index contributed by atoms with van der Waals surface area (Å²) in [7, 11) is 0. The number of fused-ring (bicyclic) bond motifs is 3. The zero-order valence-corrected chi connectivity index (χ0v) is 14.6. The van der Waals surface area contributed by atoms with E-state index in [2.05, 4.69) is 4.98 Å². The van der Waals surface area contributed by atoms with Crippen LogP contribution < -0.4 is 0 Å². The molecule has 2 fully saturated rings. The van der Waals surface area contributed by atoms with Gasteiger partial charge in [-0.3, -0.25) is 0 Å². The predicted octanol–water partition coefficient (Wildman–Crippen LogP) is 4.40. The van der Waals surface area contributed by atoms with Crippen LogP contribution in [-0.2, 0) is 9.47 Å². The Labute approximate surface area is 151 Å². The normalized spacial score (nSPS) is 25.4. The van der Waals surface area contributed by atoms with Gasteiger partial charge in [0.1, 0.15) is 11.5 Å². The summed E-state index contributed by atoms with van der Waals surface area (Å²) in [5.41, 5.74) is 1.21. The third-order valence-electron chi connectivity index (χ3n) is 6.25. The highest BCUT2D eigenvalue weighted by molar-refractivity contribution is 5.69. The monoisotopic (exact) mass is 360 g/mol. The number of alkyl halides is 1. The molecule has 0 amide bonds. The van der Waals surface area contributed by atoms with Crippen LogP contribution in [0.3, 0.4) is 0 Å². The highest BCUT2D eigenvalue weighted by atomic mass is 19.1. The van der Waals surface area contributed by atoms with Crippen molar-refractivity contribution >= 4 is 0 Å². The van der Waals surface area contributed by atoms with E-state index in [0.717, 1.165) is 11.3 Å². The Morgan fingerprint density at radius 2 is 1.92 bits per heavy atom. The Balaban J connectivity index is 1.33. The molecule has 26 heavy (non-hydrogen) atoms. The summed E-state index contributed by atoms with van der Waals surface area (Å²) in [4.78, 5) is 4.20. The fourth-order valence-corrected chi connectivity index (χ4v) is 4.79. The second-order valence-electron chi connectivity index (χ2n) is 7.70. The Hall–Kier alpha value is -1.79. The number of benzene rings is 1. The average molecular weight is 360 g/mol. The molecule has 138 valence electrons. The summed E-state index contributed by atoms with van der Waals surface area (Å²) >= 11 is 0. The van der Waals surface area contributed by atoms with E-state index in [1.807, 2.05) is 10.6 Å². The summed E-state index contributed by atoms with van der Waals surface area (Å²) in [5.74, 6) is -0.779. The number of ether oxygens (including phenoxy) is 2. The first-order chi connectivity index (χ1) is 12.6. The van der Waals surface area contributed by atoms with Crippen molar-refractivity contribution in [1.82, 2.24) is 9.55 Å². The number of rotatable bonds is 3. The molecule has 1 saturated carbocycles. The van der Waals surface area contributed by atoms with Crippen molar-refractivity contribution in [3.8, 4) is 11.3 Å². The van der Waals surface area contributed by atoms with Gasteiger partial charge in [0.05, 0.1) is 37.5 Å². The van der Waals surface area contributed by atoms with Gasteiger partial charge in [0.15, 0.2) is 5.79 Å². The molecule has 6 heteroatoms. The smallest absolute Gasteiger partial charge is 0.168 e. The van der Waals surface area contributed by atoms with Crippen molar-refractivity contribution in [1.29, 1.82) is 0 Å². The summed E-state index contributed by atoms with van der Waals surface area (Å²) in [6.07, 6.45) is 6.48. The largest absolute Gasteiger partial charge is 0.348 e. The van der Waals surface area contributed by atoms with Gasteiger partial charge in [-0.05, 0) is 31.7 Å². The van der Waals surface area contributed by atoms with E-state index < -0.39 is 11.5 Å². The van der Waals surface area contributed by atoms with Crippen molar-refractivity contribution in [2.45, 2.75) is 56.0 Å². The highest BCUT2D eigenvalue weighted by Gasteiger charge is 2.47. The Morgan fingerprint density at radius 3 is 2.69 bits per heavy atom. The summed E-state index contributed by atoms with van der Waals surface area (Å²) in [6, 6.07) is 4.92. The van der Waals surface area contributed by atoms with Gasteiger partial charge in [-0.1, -0.05) is 12.1 Å². The minimum atomic E-state index is -1.24. The quantitative estimate of drug-likeness (QED) is 0.814. The van der Waals surface area contributed by atoms with Crippen molar-refractivity contribution in [3.05, 3.63) is 42.1 Å². The number of nitrogens with zero attached hydrogens (tertiary/aromatic N) is 2. The minimum Gasteiger partial charge on any atom is -0.348 e. The maximum atomic E-state index is 15.4. The molecule has 2 aliphatic heterocycles. The minimum absolute atomic E-state index is 0.189. The van der Waals surface area contributed by atoms with Crippen LogP contribution in [0.25, 0.3) is 11.3 Å². The molecule has 1 atom stereocenters. The molecule has 4 nitrogen and oxygen atoms in total. The van der Waals surface area contributed by atoms with E-state index in [-0.39, 0.29) is 11.9 Å². The number of hydrogen-bond donors (Lipinski definition) is 0. The third kappa shape index (κ3) is 2.50. The molecule has 0 radical (unpaired) electrons. The molecule has 1 spiro atoms. The standard InChI is InChI=1S/C20H22F2N2O2/c21-15-3-1-2-14-17-12-23-13-24(17)16(18(14)15)4-5-19(22)6-8-20(9-7-19)25-10-11-26-20/h1-3,12-13,16H,4-11H2. The van der Waals surface area contributed by atoms with E-state index in [0.29, 0.717) is 57.3 Å². The molecule has 1 saturated heterocycles. The summed E-state index contributed by atoms with van der Waals surface area (Å²) in [6.45, 7) is 1.20. The summed E-state index contributed by atoms with van der Waals surface area (Å²) < 4.78 is 43.3. The number of hydrogen-bond acceptors (Lipinski definition) is 3. The van der Waals surface area contributed by atoms with Crippen molar-refractivity contribution < 1.29 is 18.3 Å². The van der Waals surface area contributed by atoms with Gasteiger partial charge in [-0.15, -0.1) is 0 Å². The summed E-state index contributed by atoms with van der Waals surface area (Å²) in [5, 5.41) is 0. The van der Waals surface area contributed by atoms with Crippen LogP contribution >= 0.6 is 0 Å². The Bertz CT molecular complexity index is 819. The maximum Gasteiger partial charge on any atom is 0.168 e. The molecule has 1 aromatic carbocycles. The van der Waals surface area contributed by atoms with Gasteiger partial charge in [0.25, 0.3) is 0 Å². The second kappa shape index (κ2) is 5.86. The van der Waals surface area contributed by atoms with Gasteiger partial charge in [-0.25, -0.2) is 13.8 Å². The van der Waals surface area contributed by atoms with Crippen LogP contribution in [0.1, 0.15) is 50.1 Å². The molecule has 3 heterocycles. The molecule has 0 bridgehead atoms. The molecule has 1 aliphatic carbocycles. The van der Waals surface area contributed by atoms with Crippen molar-refractivity contribution in [2.24, 2.45) is 0 Å². The molecule has 2 aromatic rings. The van der Waals surface area contributed by atoms with Crippen molar-refractivity contribution in [3.63, 3.8) is 0 Å². The molecule has 1 aromatic heterocycles. The van der Waals surface area contributed by atoms with Crippen LogP contribution in [-0.4, -0.2) is 34.2 Å². The second-order valence-corrected chi connectivity index (χ2v) is 7.70. The molecular formula is C20H22F2N2O2. The Kier molecular flexibility index (Phi) is 3.69. The first-order valence-corrected chi connectivity index (χ1v) is 9.37. The lowest BCUT2D eigenvalue weighted by molar-refractivity contribution is -0.194. The number of aromatic nitrogens is 2. The van der Waals surface area contributed by atoms with Gasteiger partial charge < -0.3 is 14.0 Å².